The third-order valence-electron chi connectivity index (χ3n) is 6.72. The molecule has 37 heavy (non-hydrogen) atoms. The zero-order chi connectivity index (χ0) is 25.8. The van der Waals surface area contributed by atoms with Gasteiger partial charge in [0.1, 0.15) is 22.8 Å². The summed E-state index contributed by atoms with van der Waals surface area (Å²) in [6.45, 7) is 6.58. The van der Waals surface area contributed by atoms with Crippen molar-refractivity contribution >= 4 is 39.4 Å². The largest absolute Gasteiger partial charge is 0.383 e. The minimum Gasteiger partial charge on any atom is -0.383 e. The molecule has 0 aliphatic carbocycles. The van der Waals surface area contributed by atoms with Gasteiger partial charge in [0.25, 0.3) is 0 Å². The van der Waals surface area contributed by atoms with Gasteiger partial charge in [0.2, 0.25) is 5.95 Å². The third kappa shape index (κ3) is 3.88. The van der Waals surface area contributed by atoms with E-state index in [0.29, 0.717) is 45.7 Å². The summed E-state index contributed by atoms with van der Waals surface area (Å²) >= 11 is 0. The highest BCUT2D eigenvalue weighted by Crippen LogP contribution is 2.38. The molecule has 1 fully saturated rings. The molecule has 11 nitrogen and oxygen atoms in total. The third-order valence-corrected chi connectivity index (χ3v) is 6.72. The predicted octanol–water partition coefficient (Wildman–Crippen LogP) is 4.63. The van der Waals surface area contributed by atoms with Gasteiger partial charge in [0.05, 0.1) is 23.0 Å². The van der Waals surface area contributed by atoms with Crippen molar-refractivity contribution in [1.29, 1.82) is 0 Å². The van der Waals surface area contributed by atoms with E-state index in [1.807, 2.05) is 38.7 Å². The maximum atomic E-state index is 15.1. The second kappa shape index (κ2) is 8.80. The highest BCUT2D eigenvalue weighted by molar-refractivity contribution is 6.05. The molecule has 5 heterocycles. The average molecular weight is 505 g/mol. The normalized spacial score (nSPS) is 16.3. The van der Waals surface area contributed by atoms with Crippen LogP contribution in [0.4, 0.5) is 21.8 Å². The fourth-order valence-corrected chi connectivity index (χ4v) is 4.98. The molecule has 0 spiro atoms. The van der Waals surface area contributed by atoms with Crippen molar-refractivity contribution in [2.24, 2.45) is 7.05 Å². The van der Waals surface area contributed by atoms with Crippen LogP contribution in [0.25, 0.3) is 33.2 Å². The topological polar surface area (TPSA) is 127 Å². The van der Waals surface area contributed by atoms with Crippen LogP contribution in [0, 0.1) is 12.7 Å². The van der Waals surface area contributed by atoms with Crippen molar-refractivity contribution < 1.29 is 9.13 Å². The van der Waals surface area contributed by atoms with E-state index in [1.165, 1.54) is 6.07 Å². The van der Waals surface area contributed by atoms with Gasteiger partial charge in [-0.15, -0.1) is 0 Å². The summed E-state index contributed by atoms with van der Waals surface area (Å²) in [6, 6.07) is 3.15. The van der Waals surface area contributed by atoms with Crippen LogP contribution in [0.3, 0.4) is 0 Å². The number of hydrogen-bond donors (Lipinski definition) is 2. The first-order valence-corrected chi connectivity index (χ1v) is 12.4. The second-order valence-electron chi connectivity index (χ2n) is 9.71. The van der Waals surface area contributed by atoms with Gasteiger partial charge in [-0.2, -0.15) is 25.3 Å². The van der Waals surface area contributed by atoms with Crippen LogP contribution in [-0.2, 0) is 11.8 Å². The minimum atomic E-state index is -0.361. The van der Waals surface area contributed by atoms with Crippen molar-refractivity contribution in [2.45, 2.75) is 52.3 Å². The first-order valence-electron chi connectivity index (χ1n) is 12.4. The molecular weight excluding hydrogens is 475 g/mol. The molecule has 6 rings (SSSR count). The highest BCUT2D eigenvalue weighted by atomic mass is 19.1. The molecule has 3 N–H and O–H groups in total. The lowest BCUT2D eigenvalue weighted by molar-refractivity contribution is -0.0369. The van der Waals surface area contributed by atoms with Crippen LogP contribution in [0.2, 0.25) is 0 Å². The number of nitrogens with zero attached hydrogens (tertiary/aromatic N) is 8. The van der Waals surface area contributed by atoms with E-state index in [0.717, 1.165) is 30.6 Å². The number of anilines is 3. The molecule has 0 amide bonds. The van der Waals surface area contributed by atoms with Crippen LogP contribution in [0.15, 0.2) is 24.5 Å². The molecular formula is C25H29FN10O. The quantitative estimate of drug-likeness (QED) is 0.355. The number of aromatic nitrogens is 8. The van der Waals surface area contributed by atoms with Gasteiger partial charge in [-0.05, 0) is 52.2 Å². The monoisotopic (exact) mass is 504 g/mol. The molecule has 1 aromatic carbocycles. The number of ether oxygens (including phenoxy) is 1. The Labute approximate surface area is 212 Å². The van der Waals surface area contributed by atoms with Crippen LogP contribution < -0.4 is 11.1 Å². The fraction of sp³-hybridized carbons (Fsp3) is 0.400. The number of nitrogen functional groups attached to an aromatic ring is 1. The van der Waals surface area contributed by atoms with E-state index < -0.39 is 0 Å². The number of fused-ring (bicyclic) bond motifs is 2. The average Bonchev–Trinajstić information content (AvgIpc) is 3.56. The van der Waals surface area contributed by atoms with Gasteiger partial charge >= 0.3 is 0 Å². The Morgan fingerprint density at radius 1 is 1.19 bits per heavy atom. The Bertz CT molecular complexity index is 1630. The molecule has 1 saturated heterocycles. The summed E-state index contributed by atoms with van der Waals surface area (Å²) in [4.78, 5) is 9.30. The summed E-state index contributed by atoms with van der Waals surface area (Å²) < 4.78 is 26.2. The summed E-state index contributed by atoms with van der Waals surface area (Å²) in [5.41, 5.74) is 10.4. The van der Waals surface area contributed by atoms with Crippen molar-refractivity contribution in [3.05, 3.63) is 36.0 Å². The van der Waals surface area contributed by atoms with Crippen LogP contribution in [0.5, 0.6) is 0 Å². The summed E-state index contributed by atoms with van der Waals surface area (Å²) in [7, 11) is 1.85. The molecule has 1 atom stereocenters. The lowest BCUT2D eigenvalue weighted by Crippen LogP contribution is -2.19. The molecule has 192 valence electrons. The van der Waals surface area contributed by atoms with Gasteiger partial charge in [-0.3, -0.25) is 4.68 Å². The number of benzene rings is 1. The number of aryl methyl sites for hydroxylation is 2. The van der Waals surface area contributed by atoms with Gasteiger partial charge < -0.3 is 15.8 Å². The van der Waals surface area contributed by atoms with E-state index in [4.69, 9.17) is 20.6 Å². The Hall–Kier alpha value is -4.06. The maximum Gasteiger partial charge on any atom is 0.231 e. The maximum absolute atomic E-state index is 15.1. The lowest BCUT2D eigenvalue weighted by atomic mass is 10.0. The van der Waals surface area contributed by atoms with E-state index >= 15 is 4.39 Å². The zero-order valence-electron chi connectivity index (χ0n) is 21.2. The van der Waals surface area contributed by atoms with E-state index in [2.05, 4.69) is 20.5 Å². The first-order chi connectivity index (χ1) is 17.8. The minimum absolute atomic E-state index is 0.00664. The summed E-state index contributed by atoms with van der Waals surface area (Å²) in [5, 5.41) is 18.2. The lowest BCUT2D eigenvalue weighted by Gasteiger charge is -2.23. The van der Waals surface area contributed by atoms with Crippen LogP contribution in [0.1, 0.15) is 51.1 Å². The number of nitrogens with two attached hydrogens (primary N) is 1. The van der Waals surface area contributed by atoms with Gasteiger partial charge in [0.15, 0.2) is 11.9 Å². The van der Waals surface area contributed by atoms with Crippen molar-refractivity contribution in [2.75, 3.05) is 17.7 Å². The molecule has 1 aliphatic heterocycles. The SMILES string of the molecule is Cc1nn(C)cc1Nc1nc(N)c2c(-c3ccc(F)c4c3cnn4C3CCCCO3)nn(C(C)C)c2n1. The molecule has 0 radical (unpaired) electrons. The molecule has 12 heteroatoms. The second-order valence-corrected chi connectivity index (χ2v) is 9.71. The fourth-order valence-electron chi connectivity index (χ4n) is 4.98. The molecule has 1 aliphatic rings. The molecule has 4 aromatic heterocycles. The van der Waals surface area contributed by atoms with Gasteiger partial charge in [-0.25, -0.2) is 13.8 Å². The highest BCUT2D eigenvalue weighted by Gasteiger charge is 2.26. The van der Waals surface area contributed by atoms with E-state index in [9.17, 15) is 0 Å². The zero-order valence-corrected chi connectivity index (χ0v) is 21.2. The van der Waals surface area contributed by atoms with E-state index in [-0.39, 0.29) is 23.9 Å². The number of hydrogen-bond acceptors (Lipinski definition) is 8. The number of halogens is 1. The number of rotatable bonds is 5. The smallest absolute Gasteiger partial charge is 0.231 e. The first kappa shape index (κ1) is 23.3. The van der Waals surface area contributed by atoms with E-state index in [1.54, 1.807) is 21.6 Å². The van der Waals surface area contributed by atoms with Gasteiger partial charge in [0, 0.05) is 36.8 Å². The molecule has 5 aromatic rings. The Kier molecular flexibility index (Phi) is 5.55. The Morgan fingerprint density at radius 2 is 2.03 bits per heavy atom. The Balaban J connectivity index is 1.52. The number of nitrogens with one attached hydrogen (secondary N) is 1. The van der Waals surface area contributed by atoms with Crippen molar-refractivity contribution in [3.8, 4) is 11.3 Å². The van der Waals surface area contributed by atoms with Crippen molar-refractivity contribution in [3.63, 3.8) is 0 Å². The van der Waals surface area contributed by atoms with Gasteiger partial charge in [-0.1, -0.05) is 0 Å². The standard InChI is InChI=1S/C25H29FN10O/c1-13(2)35-24-20(23(27)30-25(31-24)29-18-12-34(4)32-14(18)3)21(33-35)15-8-9-17(26)22-16(15)11-28-36(22)19-7-5-6-10-37-19/h8-9,11-13,19H,5-7,10H2,1-4H3,(H3,27,29,30,31). The van der Waals surface area contributed by atoms with Crippen LogP contribution >= 0.6 is 0 Å². The predicted molar refractivity (Wildman–Crippen MR) is 139 cm³/mol. The van der Waals surface area contributed by atoms with Crippen molar-refractivity contribution in [1.82, 2.24) is 39.3 Å². The molecule has 1 unspecified atom stereocenters. The van der Waals surface area contributed by atoms with Crippen LogP contribution in [-0.4, -0.2) is 45.9 Å². The summed E-state index contributed by atoms with van der Waals surface area (Å²) in [5.74, 6) is 0.262. The Morgan fingerprint density at radius 3 is 2.73 bits per heavy atom. The summed E-state index contributed by atoms with van der Waals surface area (Å²) in [6.07, 6.45) is 6.03. The molecule has 0 bridgehead atoms. The molecule has 0 saturated carbocycles.